The first-order valence-electron chi connectivity index (χ1n) is 7.86. The number of hydrogen-bond donors (Lipinski definition) is 0. The van der Waals surface area contributed by atoms with Crippen molar-refractivity contribution in [3.63, 3.8) is 0 Å². The molecule has 0 aliphatic carbocycles. The number of benzene rings is 3. The van der Waals surface area contributed by atoms with Gasteiger partial charge >= 0.3 is 0 Å². The predicted octanol–water partition coefficient (Wildman–Crippen LogP) is 4.23. The molecule has 0 aliphatic rings. The average molecular weight is 342 g/mol. The van der Waals surface area contributed by atoms with Crippen LogP contribution >= 0.6 is 11.3 Å². The molecular formula is C21H14N2OS. The highest BCUT2D eigenvalue weighted by Crippen LogP contribution is 2.18. The number of nitrogens with zero attached hydrogens (tertiary/aromatic N) is 2. The lowest BCUT2D eigenvalue weighted by Crippen LogP contribution is -2.16. The maximum atomic E-state index is 12.7. The molecule has 0 bridgehead atoms. The molecule has 0 radical (unpaired) electrons. The molecule has 0 unspecified atom stereocenters. The van der Waals surface area contributed by atoms with Crippen molar-refractivity contribution in [1.29, 1.82) is 0 Å². The molecule has 3 aromatic carbocycles. The zero-order valence-corrected chi connectivity index (χ0v) is 14.2. The highest BCUT2D eigenvalue weighted by molar-refractivity contribution is 7.16. The number of aromatic nitrogens is 1. The molecule has 1 amide bonds. The molecule has 25 heavy (non-hydrogen) atoms. The quantitative estimate of drug-likeness (QED) is 0.502. The van der Waals surface area contributed by atoms with Gasteiger partial charge in [0.2, 0.25) is 0 Å². The summed E-state index contributed by atoms with van der Waals surface area (Å²) in [7, 11) is 0. The highest BCUT2D eigenvalue weighted by Gasteiger charge is 2.09. The van der Waals surface area contributed by atoms with E-state index in [1.54, 1.807) is 0 Å². The van der Waals surface area contributed by atoms with Crippen molar-refractivity contribution >= 4 is 38.2 Å². The second-order valence-corrected chi connectivity index (χ2v) is 6.63. The van der Waals surface area contributed by atoms with E-state index in [9.17, 15) is 4.79 Å². The van der Waals surface area contributed by atoms with E-state index in [-0.39, 0.29) is 5.91 Å². The van der Waals surface area contributed by atoms with Gasteiger partial charge in [-0.25, -0.2) is 0 Å². The monoisotopic (exact) mass is 342 g/mol. The summed E-state index contributed by atoms with van der Waals surface area (Å²) in [5.74, 6) is 2.38. The van der Waals surface area contributed by atoms with E-state index in [0.717, 1.165) is 21.0 Å². The van der Waals surface area contributed by atoms with Crippen molar-refractivity contribution in [1.82, 2.24) is 4.57 Å². The number of para-hydroxylation sites is 1. The summed E-state index contributed by atoms with van der Waals surface area (Å²) in [6.07, 6.45) is 5.49. The SMILES string of the molecule is C#CCn1c(=NC(=O)c2ccc3ccccc3c2)sc2ccccc21. The summed E-state index contributed by atoms with van der Waals surface area (Å²) in [5.41, 5.74) is 1.57. The number of carbonyl (C=O) groups is 1. The molecule has 1 aromatic heterocycles. The number of rotatable bonds is 2. The third kappa shape index (κ3) is 2.86. The van der Waals surface area contributed by atoms with Crippen molar-refractivity contribution in [2.75, 3.05) is 0 Å². The van der Waals surface area contributed by atoms with Crippen molar-refractivity contribution in [2.24, 2.45) is 4.99 Å². The first kappa shape index (κ1) is 15.4. The van der Waals surface area contributed by atoms with Gasteiger partial charge in [-0.05, 0) is 35.0 Å². The Kier molecular flexibility index (Phi) is 3.93. The zero-order chi connectivity index (χ0) is 17.2. The Bertz CT molecular complexity index is 1210. The van der Waals surface area contributed by atoms with E-state index in [2.05, 4.69) is 10.9 Å². The van der Waals surface area contributed by atoms with E-state index in [1.165, 1.54) is 11.3 Å². The molecule has 0 saturated carbocycles. The number of terminal acetylenes is 1. The maximum absolute atomic E-state index is 12.7. The van der Waals surface area contributed by atoms with Crippen LogP contribution in [0.3, 0.4) is 0 Å². The lowest BCUT2D eigenvalue weighted by atomic mass is 10.1. The number of fused-ring (bicyclic) bond motifs is 2. The summed E-state index contributed by atoms with van der Waals surface area (Å²) in [6, 6.07) is 21.5. The zero-order valence-electron chi connectivity index (χ0n) is 13.3. The molecule has 0 N–H and O–H groups in total. The molecule has 3 nitrogen and oxygen atoms in total. The summed E-state index contributed by atoms with van der Waals surface area (Å²) in [6.45, 7) is 0.383. The molecule has 0 saturated heterocycles. The van der Waals surface area contributed by atoms with Gasteiger partial charge in [0.25, 0.3) is 5.91 Å². The largest absolute Gasteiger partial charge is 0.305 e. The normalized spacial score (nSPS) is 11.7. The Balaban J connectivity index is 1.84. The topological polar surface area (TPSA) is 34.4 Å². The Morgan fingerprint density at radius 2 is 1.80 bits per heavy atom. The van der Waals surface area contributed by atoms with Gasteiger partial charge in [-0.1, -0.05) is 59.7 Å². The van der Waals surface area contributed by atoms with Crippen LogP contribution in [0.4, 0.5) is 0 Å². The van der Waals surface area contributed by atoms with Gasteiger partial charge in [-0.3, -0.25) is 4.79 Å². The predicted molar refractivity (Wildman–Crippen MR) is 102 cm³/mol. The Morgan fingerprint density at radius 3 is 2.64 bits per heavy atom. The summed E-state index contributed by atoms with van der Waals surface area (Å²) >= 11 is 1.47. The van der Waals surface area contributed by atoms with Crippen LogP contribution in [0, 0.1) is 12.3 Å². The van der Waals surface area contributed by atoms with Gasteiger partial charge in [-0.2, -0.15) is 4.99 Å². The number of hydrogen-bond acceptors (Lipinski definition) is 2. The van der Waals surface area contributed by atoms with Gasteiger partial charge in [-0.15, -0.1) is 6.42 Å². The number of thiazole rings is 1. The van der Waals surface area contributed by atoms with Gasteiger partial charge in [0.1, 0.15) is 0 Å². The lowest BCUT2D eigenvalue weighted by molar-refractivity contribution is 0.0998. The van der Waals surface area contributed by atoms with Gasteiger partial charge in [0.15, 0.2) is 4.80 Å². The second kappa shape index (κ2) is 6.39. The van der Waals surface area contributed by atoms with E-state index in [4.69, 9.17) is 6.42 Å². The lowest BCUT2D eigenvalue weighted by Gasteiger charge is -2.01. The molecule has 4 aromatic rings. The molecule has 4 heteroatoms. The molecular weight excluding hydrogens is 328 g/mol. The first-order valence-corrected chi connectivity index (χ1v) is 8.67. The van der Waals surface area contributed by atoms with Crippen LogP contribution in [-0.4, -0.2) is 10.5 Å². The second-order valence-electron chi connectivity index (χ2n) is 5.62. The number of amides is 1. The molecule has 1 heterocycles. The fourth-order valence-corrected chi connectivity index (χ4v) is 3.85. The molecule has 0 fully saturated rings. The van der Waals surface area contributed by atoms with Crippen LogP contribution in [0.25, 0.3) is 21.0 Å². The maximum Gasteiger partial charge on any atom is 0.279 e. The van der Waals surface area contributed by atoms with Gasteiger partial charge in [0, 0.05) is 5.56 Å². The molecule has 4 rings (SSSR count). The standard InChI is InChI=1S/C21H14N2OS/c1-2-13-23-18-9-5-6-10-19(18)25-21(23)22-20(24)17-12-11-15-7-3-4-8-16(15)14-17/h1,3-12,14H,13H2. The van der Waals surface area contributed by atoms with Gasteiger partial charge in [0.05, 0.1) is 16.8 Å². The van der Waals surface area contributed by atoms with Crippen LogP contribution in [0.15, 0.2) is 71.7 Å². The third-order valence-corrected chi connectivity index (χ3v) is 5.09. The van der Waals surface area contributed by atoms with E-state index in [1.807, 2.05) is 71.3 Å². The summed E-state index contributed by atoms with van der Waals surface area (Å²) in [5, 5.41) is 2.12. The first-order chi connectivity index (χ1) is 12.3. The molecule has 120 valence electrons. The molecule has 0 atom stereocenters. The smallest absolute Gasteiger partial charge is 0.279 e. The minimum Gasteiger partial charge on any atom is -0.305 e. The van der Waals surface area contributed by atoms with E-state index in [0.29, 0.717) is 16.9 Å². The third-order valence-electron chi connectivity index (χ3n) is 4.03. The van der Waals surface area contributed by atoms with Crippen molar-refractivity contribution < 1.29 is 4.79 Å². The highest BCUT2D eigenvalue weighted by atomic mass is 32.1. The van der Waals surface area contributed by atoms with Crippen LogP contribution in [0.2, 0.25) is 0 Å². The van der Waals surface area contributed by atoms with Crippen molar-refractivity contribution in [2.45, 2.75) is 6.54 Å². The fourth-order valence-electron chi connectivity index (χ4n) is 2.82. The Labute approximate surface area is 148 Å². The van der Waals surface area contributed by atoms with Crippen LogP contribution in [0.1, 0.15) is 10.4 Å². The molecule has 0 aliphatic heterocycles. The summed E-state index contributed by atoms with van der Waals surface area (Å²) < 4.78 is 2.96. The number of carbonyl (C=O) groups excluding carboxylic acids is 1. The van der Waals surface area contributed by atoms with E-state index >= 15 is 0 Å². The van der Waals surface area contributed by atoms with Crippen LogP contribution < -0.4 is 4.80 Å². The van der Waals surface area contributed by atoms with E-state index < -0.39 is 0 Å². The van der Waals surface area contributed by atoms with Crippen LogP contribution in [0.5, 0.6) is 0 Å². The molecule has 0 spiro atoms. The van der Waals surface area contributed by atoms with Crippen molar-refractivity contribution in [3.05, 3.63) is 77.1 Å². The summed E-state index contributed by atoms with van der Waals surface area (Å²) in [4.78, 5) is 17.6. The Morgan fingerprint density at radius 1 is 1.04 bits per heavy atom. The van der Waals surface area contributed by atoms with Crippen molar-refractivity contribution in [3.8, 4) is 12.3 Å². The van der Waals surface area contributed by atoms with Gasteiger partial charge < -0.3 is 4.57 Å². The minimum atomic E-state index is -0.261. The minimum absolute atomic E-state index is 0.261. The fraction of sp³-hybridized carbons (Fsp3) is 0.0476. The average Bonchev–Trinajstić information content (AvgIpc) is 2.99. The van der Waals surface area contributed by atoms with Crippen LogP contribution in [-0.2, 0) is 6.54 Å². The Hall–Kier alpha value is -3.16.